The number of hydrogen-bond donors (Lipinski definition) is 1. The van der Waals surface area contributed by atoms with E-state index in [0.29, 0.717) is 5.41 Å². The molecule has 0 radical (unpaired) electrons. The second kappa shape index (κ2) is 6.51. The van der Waals surface area contributed by atoms with E-state index in [9.17, 15) is 4.79 Å². The van der Waals surface area contributed by atoms with Gasteiger partial charge >= 0.3 is 0 Å². The Morgan fingerprint density at radius 3 is 2.38 bits per heavy atom. The lowest BCUT2D eigenvalue weighted by molar-refractivity contribution is -0.121. The third kappa shape index (κ3) is 4.32. The molecule has 0 aliphatic heterocycles. The van der Waals surface area contributed by atoms with E-state index in [1.165, 1.54) is 12.8 Å². The van der Waals surface area contributed by atoms with Crippen LogP contribution in [0.5, 0.6) is 0 Å². The number of amides is 1. The van der Waals surface area contributed by atoms with Crippen molar-refractivity contribution >= 4 is 27.5 Å². The van der Waals surface area contributed by atoms with Gasteiger partial charge in [-0.3, -0.25) is 4.79 Å². The maximum atomic E-state index is 12.5. The van der Waals surface area contributed by atoms with Crippen LogP contribution in [0.25, 0.3) is 0 Å². The van der Waals surface area contributed by atoms with Crippen LogP contribution < -0.4 is 5.32 Å². The number of carbonyl (C=O) groups is 1. The molecule has 0 aromatic heterocycles. The molecule has 1 amide bonds. The van der Waals surface area contributed by atoms with Gasteiger partial charge in [0.2, 0.25) is 5.91 Å². The number of benzene rings is 1. The van der Waals surface area contributed by atoms with Gasteiger partial charge < -0.3 is 5.32 Å². The summed E-state index contributed by atoms with van der Waals surface area (Å²) in [7, 11) is 0. The fraction of sp³-hybridized carbons (Fsp3) is 0.611. The molecule has 21 heavy (non-hydrogen) atoms. The first-order valence-corrected chi connectivity index (χ1v) is 8.63. The number of carbonyl (C=O) groups excluding carboxylic acids is 1. The summed E-state index contributed by atoms with van der Waals surface area (Å²) in [6.45, 7) is 8.95. The predicted molar refractivity (Wildman–Crippen MR) is 92.4 cm³/mol. The number of hydrogen-bond acceptors (Lipinski definition) is 1. The van der Waals surface area contributed by atoms with Crippen LogP contribution in [-0.2, 0) is 4.79 Å². The van der Waals surface area contributed by atoms with E-state index in [2.05, 4.69) is 42.0 Å². The van der Waals surface area contributed by atoms with E-state index < -0.39 is 0 Å². The molecule has 1 aromatic carbocycles. The SMILES string of the molecule is Cc1ccc(Br)cc1NC(=O)C1CCC(C(C)(C)C)CC1. The van der Waals surface area contributed by atoms with Crippen LogP contribution in [0.1, 0.15) is 52.0 Å². The third-order valence-electron chi connectivity index (χ3n) is 4.78. The summed E-state index contributed by atoms with van der Waals surface area (Å²) >= 11 is 3.46. The smallest absolute Gasteiger partial charge is 0.227 e. The van der Waals surface area contributed by atoms with E-state index in [1.54, 1.807) is 0 Å². The quantitative estimate of drug-likeness (QED) is 0.743. The van der Waals surface area contributed by atoms with Gasteiger partial charge in [0, 0.05) is 16.1 Å². The number of anilines is 1. The lowest BCUT2D eigenvalue weighted by atomic mass is 9.69. The zero-order valence-corrected chi connectivity index (χ0v) is 15.1. The molecule has 0 unspecified atom stereocenters. The van der Waals surface area contributed by atoms with Crippen LogP contribution >= 0.6 is 15.9 Å². The first kappa shape index (κ1) is 16.5. The Labute approximate surface area is 136 Å². The maximum Gasteiger partial charge on any atom is 0.227 e. The second-order valence-corrected chi connectivity index (χ2v) is 8.28. The molecule has 116 valence electrons. The Kier molecular flexibility index (Phi) is 5.13. The Morgan fingerprint density at radius 1 is 1.19 bits per heavy atom. The Hall–Kier alpha value is -0.830. The van der Waals surface area contributed by atoms with Crippen molar-refractivity contribution in [1.82, 2.24) is 0 Å². The zero-order valence-electron chi connectivity index (χ0n) is 13.5. The number of aryl methyl sites for hydroxylation is 1. The minimum absolute atomic E-state index is 0.169. The lowest BCUT2D eigenvalue weighted by Crippen LogP contribution is -2.31. The molecule has 0 spiro atoms. The van der Waals surface area contributed by atoms with E-state index in [0.717, 1.165) is 34.5 Å². The largest absolute Gasteiger partial charge is 0.326 e. The van der Waals surface area contributed by atoms with Crippen LogP contribution in [-0.4, -0.2) is 5.91 Å². The molecule has 2 nitrogen and oxygen atoms in total. The first-order chi connectivity index (χ1) is 9.77. The summed E-state index contributed by atoms with van der Waals surface area (Å²) in [5, 5.41) is 3.11. The van der Waals surface area contributed by atoms with E-state index in [4.69, 9.17) is 0 Å². The molecule has 0 saturated heterocycles. The normalized spacial score (nSPS) is 22.9. The highest BCUT2D eigenvalue weighted by Gasteiger charge is 2.32. The second-order valence-electron chi connectivity index (χ2n) is 7.36. The molecule has 1 aliphatic carbocycles. The van der Waals surface area contributed by atoms with Crippen LogP contribution in [0.15, 0.2) is 22.7 Å². The summed E-state index contributed by atoms with van der Waals surface area (Å²) in [5.74, 6) is 1.10. The van der Waals surface area contributed by atoms with E-state index in [1.807, 2.05) is 25.1 Å². The molecule has 0 bridgehead atoms. The van der Waals surface area contributed by atoms with Gasteiger partial charge in [-0.25, -0.2) is 0 Å². The van der Waals surface area contributed by atoms with Gasteiger partial charge in [0.05, 0.1) is 0 Å². The van der Waals surface area contributed by atoms with Gasteiger partial charge in [-0.05, 0) is 61.6 Å². The van der Waals surface area contributed by atoms with Crippen molar-refractivity contribution in [1.29, 1.82) is 0 Å². The van der Waals surface area contributed by atoms with Gasteiger partial charge in [-0.2, -0.15) is 0 Å². The Bertz CT molecular complexity index is 510. The summed E-state index contributed by atoms with van der Waals surface area (Å²) in [4.78, 5) is 12.5. The van der Waals surface area contributed by atoms with Crippen molar-refractivity contribution in [2.45, 2.75) is 53.4 Å². The summed E-state index contributed by atoms with van der Waals surface area (Å²) < 4.78 is 1.000. The monoisotopic (exact) mass is 351 g/mol. The van der Waals surface area contributed by atoms with Gasteiger partial charge in [-0.1, -0.05) is 42.8 Å². The van der Waals surface area contributed by atoms with Crippen molar-refractivity contribution < 1.29 is 4.79 Å². The average molecular weight is 352 g/mol. The lowest BCUT2D eigenvalue weighted by Gasteiger charge is -2.36. The van der Waals surface area contributed by atoms with E-state index >= 15 is 0 Å². The predicted octanol–water partition coefficient (Wildman–Crippen LogP) is 5.55. The fourth-order valence-electron chi connectivity index (χ4n) is 3.19. The number of rotatable bonds is 2. The molecule has 1 N–H and O–H groups in total. The Balaban J connectivity index is 1.95. The summed E-state index contributed by atoms with van der Waals surface area (Å²) in [6.07, 6.45) is 4.36. The van der Waals surface area contributed by atoms with Crippen molar-refractivity contribution in [3.8, 4) is 0 Å². The minimum atomic E-state index is 0.169. The van der Waals surface area contributed by atoms with Crippen molar-refractivity contribution in [2.24, 2.45) is 17.3 Å². The summed E-state index contributed by atoms with van der Waals surface area (Å²) in [6, 6.07) is 6.00. The van der Waals surface area contributed by atoms with Gasteiger partial charge in [0.1, 0.15) is 0 Å². The molecule has 1 aromatic rings. The standard InChI is InChI=1S/C18H26BrNO/c1-12-5-10-15(19)11-16(12)20-17(21)13-6-8-14(9-7-13)18(2,3)4/h5,10-11,13-14H,6-9H2,1-4H3,(H,20,21). The topological polar surface area (TPSA) is 29.1 Å². The van der Waals surface area contributed by atoms with Crippen LogP contribution in [0.3, 0.4) is 0 Å². The van der Waals surface area contributed by atoms with Crippen molar-refractivity contribution in [3.05, 3.63) is 28.2 Å². The van der Waals surface area contributed by atoms with Crippen LogP contribution in [0.4, 0.5) is 5.69 Å². The van der Waals surface area contributed by atoms with Gasteiger partial charge in [0.15, 0.2) is 0 Å². The number of halogens is 1. The maximum absolute atomic E-state index is 12.5. The van der Waals surface area contributed by atoms with Crippen molar-refractivity contribution in [2.75, 3.05) is 5.32 Å². The van der Waals surface area contributed by atoms with Gasteiger partial charge in [0.25, 0.3) is 0 Å². The molecular weight excluding hydrogens is 326 g/mol. The average Bonchev–Trinajstić information content (AvgIpc) is 2.42. The number of nitrogens with one attached hydrogen (secondary N) is 1. The van der Waals surface area contributed by atoms with Crippen LogP contribution in [0, 0.1) is 24.2 Å². The molecule has 1 fully saturated rings. The highest BCUT2D eigenvalue weighted by atomic mass is 79.9. The molecule has 3 heteroatoms. The van der Waals surface area contributed by atoms with E-state index in [-0.39, 0.29) is 11.8 Å². The molecule has 1 saturated carbocycles. The minimum Gasteiger partial charge on any atom is -0.326 e. The molecule has 0 heterocycles. The Morgan fingerprint density at radius 2 is 1.81 bits per heavy atom. The van der Waals surface area contributed by atoms with Gasteiger partial charge in [-0.15, -0.1) is 0 Å². The molecule has 0 atom stereocenters. The first-order valence-electron chi connectivity index (χ1n) is 7.84. The molecular formula is C18H26BrNO. The van der Waals surface area contributed by atoms with Crippen molar-refractivity contribution in [3.63, 3.8) is 0 Å². The third-order valence-corrected chi connectivity index (χ3v) is 5.27. The fourth-order valence-corrected chi connectivity index (χ4v) is 3.55. The van der Waals surface area contributed by atoms with Crippen LogP contribution in [0.2, 0.25) is 0 Å². The molecule has 2 rings (SSSR count). The highest BCUT2D eigenvalue weighted by Crippen LogP contribution is 2.40. The molecule has 1 aliphatic rings. The highest BCUT2D eigenvalue weighted by molar-refractivity contribution is 9.10. The zero-order chi connectivity index (χ0) is 15.6. The summed E-state index contributed by atoms with van der Waals surface area (Å²) in [5.41, 5.74) is 2.39.